The van der Waals surface area contributed by atoms with Crippen LogP contribution in [0.5, 0.6) is 0 Å². The van der Waals surface area contributed by atoms with Gasteiger partial charge >= 0.3 is 0 Å². The van der Waals surface area contributed by atoms with E-state index in [1.54, 1.807) is 29.2 Å². The van der Waals surface area contributed by atoms with Crippen LogP contribution in [0, 0.1) is 0 Å². The van der Waals surface area contributed by atoms with Crippen molar-refractivity contribution in [2.45, 2.75) is 12.8 Å². The second-order valence-corrected chi connectivity index (χ2v) is 4.92. The van der Waals surface area contributed by atoms with Crippen molar-refractivity contribution in [1.82, 2.24) is 4.90 Å². The number of nitrogens with two attached hydrogens (primary N) is 1. The summed E-state index contributed by atoms with van der Waals surface area (Å²) >= 11 is 0. The Hall–Kier alpha value is -1.63. The number of anilines is 1. The van der Waals surface area contributed by atoms with Crippen molar-refractivity contribution in [3.8, 4) is 0 Å². The van der Waals surface area contributed by atoms with Crippen molar-refractivity contribution in [3.05, 3.63) is 29.8 Å². The Morgan fingerprint density at radius 2 is 1.82 bits per heavy atom. The van der Waals surface area contributed by atoms with E-state index in [0.29, 0.717) is 56.9 Å². The lowest BCUT2D eigenvalue weighted by atomic mass is 10.1. The summed E-state index contributed by atoms with van der Waals surface area (Å²) < 4.78 is 5.23. The van der Waals surface area contributed by atoms with E-state index < -0.39 is 0 Å². The summed E-state index contributed by atoms with van der Waals surface area (Å²) in [7, 11) is 0. The molecule has 0 radical (unpaired) electrons. The number of carbonyl (C=O) groups excluding carboxylic acids is 2. The lowest BCUT2D eigenvalue weighted by Crippen LogP contribution is -2.40. The summed E-state index contributed by atoms with van der Waals surface area (Å²) in [6.07, 6.45) is 1.07. The maximum absolute atomic E-state index is 12.2. The molecule has 1 aromatic carbocycles. The SMILES string of the molecule is Cl.NCCCC(=O)Nc1ccc(C(=O)N2CCOCC2)cc1. The third-order valence-corrected chi connectivity index (χ3v) is 3.32. The topological polar surface area (TPSA) is 84.7 Å². The van der Waals surface area contributed by atoms with Crippen LogP contribution in [-0.4, -0.2) is 49.6 Å². The van der Waals surface area contributed by atoms with E-state index in [1.807, 2.05) is 0 Å². The number of nitrogens with zero attached hydrogens (tertiary/aromatic N) is 1. The molecular formula is C15H22ClN3O3. The van der Waals surface area contributed by atoms with Crippen LogP contribution in [0.4, 0.5) is 5.69 Å². The van der Waals surface area contributed by atoms with Gasteiger partial charge in [0.15, 0.2) is 0 Å². The summed E-state index contributed by atoms with van der Waals surface area (Å²) in [6.45, 7) is 2.91. The Kier molecular flexibility index (Phi) is 7.87. The van der Waals surface area contributed by atoms with E-state index in [4.69, 9.17) is 10.5 Å². The van der Waals surface area contributed by atoms with Crippen LogP contribution in [0.1, 0.15) is 23.2 Å². The van der Waals surface area contributed by atoms with Crippen LogP contribution in [0.25, 0.3) is 0 Å². The molecule has 0 unspecified atom stereocenters. The molecule has 0 aliphatic carbocycles. The fourth-order valence-electron chi connectivity index (χ4n) is 2.13. The molecule has 1 heterocycles. The first kappa shape index (κ1) is 18.4. The van der Waals surface area contributed by atoms with Gasteiger partial charge in [-0.15, -0.1) is 12.4 Å². The number of benzene rings is 1. The first-order valence-corrected chi connectivity index (χ1v) is 7.17. The quantitative estimate of drug-likeness (QED) is 0.852. The van der Waals surface area contributed by atoms with E-state index in [-0.39, 0.29) is 24.2 Å². The number of nitrogens with one attached hydrogen (secondary N) is 1. The van der Waals surface area contributed by atoms with Crippen LogP contribution in [-0.2, 0) is 9.53 Å². The van der Waals surface area contributed by atoms with Gasteiger partial charge in [-0.3, -0.25) is 9.59 Å². The molecule has 0 saturated carbocycles. The predicted octanol–water partition coefficient (Wildman–Crippen LogP) is 1.26. The van der Waals surface area contributed by atoms with Gasteiger partial charge in [-0.2, -0.15) is 0 Å². The van der Waals surface area contributed by atoms with Gasteiger partial charge in [-0.1, -0.05) is 0 Å². The highest BCUT2D eigenvalue weighted by Gasteiger charge is 2.18. The first-order valence-electron chi connectivity index (χ1n) is 7.17. The third-order valence-electron chi connectivity index (χ3n) is 3.32. The minimum Gasteiger partial charge on any atom is -0.378 e. The highest BCUT2D eigenvalue weighted by atomic mass is 35.5. The minimum absolute atomic E-state index is 0. The Morgan fingerprint density at radius 3 is 2.41 bits per heavy atom. The van der Waals surface area contributed by atoms with E-state index in [9.17, 15) is 9.59 Å². The zero-order chi connectivity index (χ0) is 15.1. The molecule has 22 heavy (non-hydrogen) atoms. The fraction of sp³-hybridized carbons (Fsp3) is 0.467. The Labute approximate surface area is 136 Å². The molecule has 122 valence electrons. The number of carbonyl (C=O) groups is 2. The van der Waals surface area contributed by atoms with E-state index >= 15 is 0 Å². The number of amides is 2. The van der Waals surface area contributed by atoms with Crippen molar-refractivity contribution >= 4 is 29.9 Å². The molecule has 1 aliphatic rings. The fourth-order valence-corrected chi connectivity index (χ4v) is 2.13. The molecular weight excluding hydrogens is 306 g/mol. The molecule has 1 saturated heterocycles. The van der Waals surface area contributed by atoms with Crippen molar-refractivity contribution in [2.24, 2.45) is 5.73 Å². The monoisotopic (exact) mass is 327 g/mol. The minimum atomic E-state index is -0.0623. The van der Waals surface area contributed by atoms with Gasteiger partial charge in [-0.25, -0.2) is 0 Å². The Morgan fingerprint density at radius 1 is 1.18 bits per heavy atom. The van der Waals surface area contributed by atoms with Crippen molar-refractivity contribution in [1.29, 1.82) is 0 Å². The normalized spacial score (nSPS) is 14.1. The van der Waals surface area contributed by atoms with E-state index in [2.05, 4.69) is 5.32 Å². The lowest BCUT2D eigenvalue weighted by Gasteiger charge is -2.26. The molecule has 3 N–H and O–H groups in total. The molecule has 6 nitrogen and oxygen atoms in total. The zero-order valence-corrected chi connectivity index (χ0v) is 13.2. The van der Waals surface area contributed by atoms with Crippen LogP contribution in [0.2, 0.25) is 0 Å². The number of rotatable bonds is 5. The largest absolute Gasteiger partial charge is 0.378 e. The van der Waals surface area contributed by atoms with E-state index in [0.717, 1.165) is 0 Å². The average Bonchev–Trinajstić information content (AvgIpc) is 2.54. The summed E-state index contributed by atoms with van der Waals surface area (Å²) in [4.78, 5) is 25.6. The first-order chi connectivity index (χ1) is 10.2. The third kappa shape index (κ3) is 5.29. The summed E-state index contributed by atoms with van der Waals surface area (Å²) in [5.41, 5.74) is 6.68. The van der Waals surface area contributed by atoms with Crippen molar-refractivity contribution in [3.63, 3.8) is 0 Å². The standard InChI is InChI=1S/C15H21N3O3.ClH/c16-7-1-2-14(19)17-13-5-3-12(4-6-13)15(20)18-8-10-21-11-9-18;/h3-6H,1-2,7-11,16H2,(H,17,19);1H. The molecule has 0 atom stereocenters. The Balaban J connectivity index is 0.00000242. The number of hydrogen-bond donors (Lipinski definition) is 2. The van der Waals surface area contributed by atoms with Crippen molar-refractivity contribution < 1.29 is 14.3 Å². The molecule has 1 fully saturated rings. The lowest BCUT2D eigenvalue weighted by molar-refractivity contribution is -0.116. The second-order valence-electron chi connectivity index (χ2n) is 4.92. The average molecular weight is 328 g/mol. The van der Waals surface area contributed by atoms with Gasteiger partial charge < -0.3 is 20.7 Å². The maximum atomic E-state index is 12.2. The predicted molar refractivity (Wildman–Crippen MR) is 87.3 cm³/mol. The van der Waals surface area contributed by atoms with Gasteiger partial charge in [-0.05, 0) is 37.2 Å². The maximum Gasteiger partial charge on any atom is 0.254 e. The second kappa shape index (κ2) is 9.40. The number of morpholine rings is 1. The van der Waals surface area contributed by atoms with Crippen molar-refractivity contribution in [2.75, 3.05) is 38.2 Å². The zero-order valence-electron chi connectivity index (χ0n) is 12.4. The summed E-state index contributed by atoms with van der Waals surface area (Å²) in [6, 6.07) is 6.95. The molecule has 1 aliphatic heterocycles. The molecule has 0 spiro atoms. The van der Waals surface area contributed by atoms with Gasteiger partial charge in [0.25, 0.3) is 5.91 Å². The van der Waals surface area contributed by atoms with Gasteiger partial charge in [0, 0.05) is 30.8 Å². The molecule has 1 aromatic rings. The smallest absolute Gasteiger partial charge is 0.254 e. The van der Waals surface area contributed by atoms with Gasteiger partial charge in [0.2, 0.25) is 5.91 Å². The van der Waals surface area contributed by atoms with Crippen LogP contribution in [0.3, 0.4) is 0 Å². The number of hydrogen-bond acceptors (Lipinski definition) is 4. The Bertz CT molecular complexity index is 487. The summed E-state index contributed by atoms with van der Waals surface area (Å²) in [5.74, 6) is -0.0629. The van der Waals surface area contributed by atoms with Gasteiger partial charge in [0.05, 0.1) is 13.2 Å². The molecule has 0 bridgehead atoms. The summed E-state index contributed by atoms with van der Waals surface area (Å²) in [5, 5.41) is 2.78. The van der Waals surface area contributed by atoms with Gasteiger partial charge in [0.1, 0.15) is 0 Å². The molecule has 0 aromatic heterocycles. The number of ether oxygens (including phenoxy) is 1. The van der Waals surface area contributed by atoms with Crippen LogP contribution in [0.15, 0.2) is 24.3 Å². The van der Waals surface area contributed by atoms with Crippen LogP contribution < -0.4 is 11.1 Å². The molecule has 2 rings (SSSR count). The molecule has 2 amide bonds. The highest BCUT2D eigenvalue weighted by molar-refractivity contribution is 5.95. The van der Waals surface area contributed by atoms with Crippen LogP contribution >= 0.6 is 12.4 Å². The number of halogens is 1. The highest BCUT2D eigenvalue weighted by Crippen LogP contribution is 2.13. The van der Waals surface area contributed by atoms with E-state index in [1.165, 1.54) is 0 Å². The molecule has 7 heteroatoms.